The molecule has 13 heavy (non-hydrogen) atoms. The predicted octanol–water partition coefficient (Wildman–Crippen LogP) is -1.02. The second-order valence-electron chi connectivity index (χ2n) is 2.73. The quantitative estimate of drug-likeness (QED) is 0.335. The molecule has 2 radical (unpaired) electrons. The van der Waals surface area contributed by atoms with Crippen molar-refractivity contribution in [1.29, 1.82) is 0 Å². The van der Waals surface area contributed by atoms with Crippen molar-refractivity contribution in [2.75, 3.05) is 0 Å². The van der Waals surface area contributed by atoms with E-state index in [9.17, 15) is 5.11 Å². The molecule has 0 rings (SSSR count). The van der Waals surface area contributed by atoms with Gasteiger partial charge in [0.2, 0.25) is 0 Å². The van der Waals surface area contributed by atoms with Crippen LogP contribution < -0.4 is 0 Å². The van der Waals surface area contributed by atoms with Crippen molar-refractivity contribution in [3.63, 3.8) is 0 Å². The van der Waals surface area contributed by atoms with Crippen LogP contribution in [0.1, 0.15) is 13.8 Å². The lowest BCUT2D eigenvalue weighted by molar-refractivity contribution is 0.0208. The highest BCUT2D eigenvalue weighted by atomic mass is 16.5. The Bertz CT molecular complexity index is 189. The Morgan fingerprint density at radius 1 is 1.23 bits per heavy atom. The van der Waals surface area contributed by atoms with Gasteiger partial charge in [-0.25, -0.2) is 0 Å². The molecule has 0 saturated heterocycles. The SMILES string of the molecule is [B]O/C(=C(\O)C(O)C(C)O)C(C)O. The summed E-state index contributed by atoms with van der Waals surface area (Å²) in [6.45, 7) is 2.57. The summed E-state index contributed by atoms with van der Waals surface area (Å²) < 4.78 is 4.15. The van der Waals surface area contributed by atoms with Crippen molar-refractivity contribution in [2.24, 2.45) is 0 Å². The molecule has 0 aliphatic carbocycles. The van der Waals surface area contributed by atoms with Gasteiger partial charge in [0.05, 0.1) is 6.10 Å². The van der Waals surface area contributed by atoms with Gasteiger partial charge in [0, 0.05) is 0 Å². The van der Waals surface area contributed by atoms with Gasteiger partial charge in [-0.2, -0.15) is 0 Å². The van der Waals surface area contributed by atoms with Gasteiger partial charge in [0.1, 0.15) is 18.0 Å². The van der Waals surface area contributed by atoms with Crippen LogP contribution in [0.25, 0.3) is 0 Å². The predicted molar refractivity (Wildman–Crippen MR) is 45.9 cm³/mol. The van der Waals surface area contributed by atoms with Gasteiger partial charge < -0.3 is 25.1 Å². The molecule has 6 heteroatoms. The maximum absolute atomic E-state index is 9.22. The van der Waals surface area contributed by atoms with E-state index < -0.39 is 24.1 Å². The second kappa shape index (κ2) is 5.11. The fraction of sp³-hybridized carbons (Fsp3) is 0.714. The van der Waals surface area contributed by atoms with Gasteiger partial charge in [-0.15, -0.1) is 0 Å². The highest BCUT2D eigenvalue weighted by molar-refractivity contribution is 5.98. The fourth-order valence-electron chi connectivity index (χ4n) is 0.747. The van der Waals surface area contributed by atoms with E-state index in [1.165, 1.54) is 13.8 Å². The molecule has 4 N–H and O–H groups in total. The molecule has 0 bridgehead atoms. The number of aliphatic hydroxyl groups excluding tert-OH is 4. The minimum absolute atomic E-state index is 0.367. The van der Waals surface area contributed by atoms with E-state index in [-0.39, 0.29) is 5.76 Å². The standard InChI is InChI=1S/C7H13BO5/c1-3(9)5(11)6(12)7(13-8)4(2)10/h3-5,9-12H,1-2H3/b7-6-. The Kier molecular flexibility index (Phi) is 4.83. The third-order valence-corrected chi connectivity index (χ3v) is 1.50. The van der Waals surface area contributed by atoms with E-state index in [2.05, 4.69) is 4.65 Å². The zero-order valence-electron chi connectivity index (χ0n) is 7.51. The maximum atomic E-state index is 9.22. The molecule has 0 aliphatic rings. The van der Waals surface area contributed by atoms with Crippen LogP contribution >= 0.6 is 0 Å². The summed E-state index contributed by atoms with van der Waals surface area (Å²) in [5, 5.41) is 36.3. The van der Waals surface area contributed by atoms with E-state index in [0.717, 1.165) is 0 Å². The molecule has 0 aromatic heterocycles. The monoisotopic (exact) mass is 188 g/mol. The Hall–Kier alpha value is -0.715. The van der Waals surface area contributed by atoms with Gasteiger partial charge in [-0.05, 0) is 13.8 Å². The van der Waals surface area contributed by atoms with Crippen LogP contribution in [-0.4, -0.2) is 46.8 Å². The topological polar surface area (TPSA) is 90.2 Å². The summed E-state index contributed by atoms with van der Waals surface area (Å²) in [6.07, 6.45) is -3.85. The van der Waals surface area contributed by atoms with Crippen LogP contribution in [0.2, 0.25) is 0 Å². The number of hydrogen-bond acceptors (Lipinski definition) is 5. The highest BCUT2D eigenvalue weighted by Crippen LogP contribution is 2.13. The molecule has 5 nitrogen and oxygen atoms in total. The minimum Gasteiger partial charge on any atom is -0.567 e. The largest absolute Gasteiger partial charge is 0.567 e. The molecule has 74 valence electrons. The molecule has 0 saturated carbocycles. The maximum Gasteiger partial charge on any atom is 0.374 e. The van der Waals surface area contributed by atoms with Crippen molar-refractivity contribution in [2.45, 2.75) is 32.2 Å². The van der Waals surface area contributed by atoms with Gasteiger partial charge in [0.15, 0.2) is 5.76 Å². The number of rotatable bonds is 4. The summed E-state index contributed by atoms with van der Waals surface area (Å²) in [6, 6.07) is 0. The van der Waals surface area contributed by atoms with E-state index in [4.69, 9.17) is 23.4 Å². The van der Waals surface area contributed by atoms with Crippen molar-refractivity contribution < 1.29 is 25.1 Å². The van der Waals surface area contributed by atoms with Crippen LogP contribution in [0.5, 0.6) is 0 Å². The van der Waals surface area contributed by atoms with E-state index in [0.29, 0.717) is 0 Å². The van der Waals surface area contributed by atoms with Gasteiger partial charge in [-0.1, -0.05) is 0 Å². The average Bonchev–Trinajstić information content (AvgIpc) is 2.03. The first-order valence-corrected chi connectivity index (χ1v) is 3.75. The lowest BCUT2D eigenvalue weighted by Crippen LogP contribution is -2.28. The molecule has 0 aromatic carbocycles. The number of hydrogen-bond donors (Lipinski definition) is 4. The summed E-state index contributed by atoms with van der Waals surface area (Å²) in [7, 11) is 4.74. The highest BCUT2D eigenvalue weighted by Gasteiger charge is 2.22. The Balaban J connectivity index is 4.74. The third kappa shape index (κ3) is 3.26. The summed E-state index contributed by atoms with van der Waals surface area (Å²) in [5.74, 6) is -1.04. The zero-order chi connectivity index (χ0) is 10.6. The third-order valence-electron chi connectivity index (χ3n) is 1.50. The molecule has 0 amide bonds. The normalized spacial score (nSPS) is 20.1. The molecule has 0 fully saturated rings. The summed E-state index contributed by atoms with van der Waals surface area (Å²) in [4.78, 5) is 0. The Labute approximate surface area is 77.7 Å². The first-order chi connectivity index (χ1) is 5.91. The van der Waals surface area contributed by atoms with E-state index in [1.54, 1.807) is 0 Å². The fourth-order valence-corrected chi connectivity index (χ4v) is 0.747. The van der Waals surface area contributed by atoms with Crippen molar-refractivity contribution in [3.05, 3.63) is 11.5 Å². The zero-order valence-corrected chi connectivity index (χ0v) is 7.51. The molecular weight excluding hydrogens is 175 g/mol. The summed E-state index contributed by atoms with van der Waals surface area (Å²) in [5.41, 5.74) is 0. The lowest BCUT2D eigenvalue weighted by Gasteiger charge is -2.18. The molecule has 3 unspecified atom stereocenters. The molecule has 0 heterocycles. The molecule has 0 aliphatic heterocycles. The average molecular weight is 188 g/mol. The summed E-state index contributed by atoms with van der Waals surface area (Å²) >= 11 is 0. The van der Waals surface area contributed by atoms with Crippen LogP contribution in [0.4, 0.5) is 0 Å². The molecular formula is C7H13BO5. The van der Waals surface area contributed by atoms with Crippen LogP contribution in [-0.2, 0) is 4.65 Å². The van der Waals surface area contributed by atoms with Crippen molar-refractivity contribution >= 4 is 8.05 Å². The molecule has 0 aromatic rings. The molecule has 0 spiro atoms. The van der Waals surface area contributed by atoms with E-state index in [1.807, 2.05) is 0 Å². The first kappa shape index (κ1) is 12.3. The second-order valence-corrected chi connectivity index (χ2v) is 2.73. The lowest BCUT2D eigenvalue weighted by atomic mass is 10.1. The van der Waals surface area contributed by atoms with Gasteiger partial charge in [0.25, 0.3) is 0 Å². The van der Waals surface area contributed by atoms with Crippen LogP contribution in [0, 0.1) is 0 Å². The minimum atomic E-state index is -1.52. The van der Waals surface area contributed by atoms with Gasteiger partial charge >= 0.3 is 8.05 Å². The van der Waals surface area contributed by atoms with Crippen molar-refractivity contribution in [1.82, 2.24) is 0 Å². The van der Waals surface area contributed by atoms with Crippen molar-refractivity contribution in [3.8, 4) is 0 Å². The van der Waals surface area contributed by atoms with Gasteiger partial charge in [-0.3, -0.25) is 0 Å². The van der Waals surface area contributed by atoms with E-state index >= 15 is 0 Å². The number of aliphatic hydroxyl groups is 4. The van der Waals surface area contributed by atoms with Crippen LogP contribution in [0.3, 0.4) is 0 Å². The smallest absolute Gasteiger partial charge is 0.374 e. The Morgan fingerprint density at radius 2 is 1.69 bits per heavy atom. The first-order valence-electron chi connectivity index (χ1n) is 3.75. The Morgan fingerprint density at radius 3 is 1.92 bits per heavy atom. The van der Waals surface area contributed by atoms with Crippen LogP contribution in [0.15, 0.2) is 11.5 Å². The molecule has 3 atom stereocenters.